The van der Waals surface area contributed by atoms with Crippen LogP contribution in [0.2, 0.25) is 0 Å². The van der Waals surface area contributed by atoms with Gasteiger partial charge in [0.2, 0.25) is 5.82 Å². The minimum atomic E-state index is 0.572. The molecular weight excluding hydrogens is 216 g/mol. The first kappa shape index (κ1) is 9.71. The van der Waals surface area contributed by atoms with Crippen molar-refractivity contribution in [1.29, 1.82) is 0 Å². The maximum absolute atomic E-state index is 4.01. The summed E-state index contributed by atoms with van der Waals surface area (Å²) >= 11 is 0. The Morgan fingerprint density at radius 1 is 1.18 bits per heavy atom. The van der Waals surface area contributed by atoms with Crippen molar-refractivity contribution in [3.05, 3.63) is 36.3 Å². The lowest BCUT2D eigenvalue weighted by Crippen LogP contribution is -1.84. The first-order valence-electron chi connectivity index (χ1n) is 5.18. The topological polar surface area (TPSA) is 83.1 Å². The molecule has 6 heteroatoms. The maximum Gasteiger partial charge on any atom is 0.221 e. The molecule has 0 aromatic carbocycles. The molecule has 3 aromatic rings. The van der Waals surface area contributed by atoms with Crippen molar-refractivity contribution in [2.45, 2.75) is 6.92 Å². The molecule has 0 amide bonds. The van der Waals surface area contributed by atoms with Crippen LogP contribution in [0.3, 0.4) is 0 Å². The summed E-state index contributed by atoms with van der Waals surface area (Å²) in [7, 11) is 0. The molecule has 3 rings (SSSR count). The van der Waals surface area contributed by atoms with E-state index in [1.165, 1.54) is 0 Å². The highest BCUT2D eigenvalue weighted by molar-refractivity contribution is 5.73. The van der Waals surface area contributed by atoms with Crippen LogP contribution in [0.5, 0.6) is 0 Å². The molecule has 0 fully saturated rings. The number of pyridine rings is 1. The van der Waals surface area contributed by atoms with Gasteiger partial charge in [0, 0.05) is 24.2 Å². The van der Waals surface area contributed by atoms with E-state index in [0.717, 1.165) is 22.4 Å². The zero-order valence-electron chi connectivity index (χ0n) is 9.18. The smallest absolute Gasteiger partial charge is 0.221 e. The summed E-state index contributed by atoms with van der Waals surface area (Å²) in [5.74, 6) is 0.572. The van der Waals surface area contributed by atoms with Crippen LogP contribution in [-0.2, 0) is 0 Å². The van der Waals surface area contributed by atoms with E-state index in [-0.39, 0.29) is 0 Å². The van der Waals surface area contributed by atoms with Crippen molar-refractivity contribution < 1.29 is 0 Å². The van der Waals surface area contributed by atoms with E-state index in [4.69, 9.17) is 0 Å². The minimum absolute atomic E-state index is 0.572. The van der Waals surface area contributed by atoms with Crippen LogP contribution in [0.4, 0.5) is 0 Å². The predicted octanol–water partition coefficient (Wildman–Crippen LogP) is 1.57. The van der Waals surface area contributed by atoms with Crippen molar-refractivity contribution in [2.75, 3.05) is 0 Å². The van der Waals surface area contributed by atoms with Gasteiger partial charge in [0.05, 0.1) is 5.69 Å². The zero-order valence-corrected chi connectivity index (χ0v) is 9.18. The molecule has 0 aliphatic rings. The van der Waals surface area contributed by atoms with Gasteiger partial charge in [0.15, 0.2) is 0 Å². The average molecular weight is 226 g/mol. The van der Waals surface area contributed by atoms with E-state index in [1.54, 1.807) is 12.4 Å². The summed E-state index contributed by atoms with van der Waals surface area (Å²) in [6.07, 6.45) is 5.49. The highest BCUT2D eigenvalue weighted by Crippen LogP contribution is 2.28. The number of nitrogens with one attached hydrogen (secondary N) is 2. The Bertz CT molecular complexity index is 611. The monoisotopic (exact) mass is 226 g/mol. The second-order valence-electron chi connectivity index (χ2n) is 3.67. The Morgan fingerprint density at radius 3 is 2.71 bits per heavy atom. The number of hydrogen-bond acceptors (Lipinski definition) is 4. The Morgan fingerprint density at radius 2 is 2.00 bits per heavy atom. The molecule has 84 valence electrons. The fraction of sp³-hybridized carbons (Fsp3) is 0.0909. The highest BCUT2D eigenvalue weighted by Gasteiger charge is 2.13. The lowest BCUT2D eigenvalue weighted by atomic mass is 10.1. The summed E-state index contributed by atoms with van der Waals surface area (Å²) in [6.45, 7) is 2.03. The summed E-state index contributed by atoms with van der Waals surface area (Å²) < 4.78 is 0. The van der Waals surface area contributed by atoms with Crippen LogP contribution < -0.4 is 0 Å². The Balaban J connectivity index is 2.10. The molecular formula is C11H10N6. The fourth-order valence-electron chi connectivity index (χ4n) is 1.83. The van der Waals surface area contributed by atoms with Crippen molar-refractivity contribution in [1.82, 2.24) is 30.6 Å². The molecule has 0 bridgehead atoms. The van der Waals surface area contributed by atoms with Gasteiger partial charge in [-0.3, -0.25) is 4.98 Å². The first-order chi connectivity index (χ1) is 8.36. The lowest BCUT2D eigenvalue weighted by Gasteiger charge is -1.99. The first-order valence-corrected chi connectivity index (χ1v) is 5.18. The van der Waals surface area contributed by atoms with Gasteiger partial charge in [-0.05, 0) is 35.4 Å². The number of aromatic nitrogens is 6. The molecule has 3 aromatic heterocycles. The SMILES string of the molecule is Cc1c(-c2ccncc2)c[nH]c1-c1nn[nH]n1. The molecule has 17 heavy (non-hydrogen) atoms. The molecule has 0 aliphatic carbocycles. The Hall–Kier alpha value is -2.50. The third-order valence-electron chi connectivity index (χ3n) is 2.70. The summed E-state index contributed by atoms with van der Waals surface area (Å²) in [6, 6.07) is 3.94. The van der Waals surface area contributed by atoms with Gasteiger partial charge in [0.25, 0.3) is 0 Å². The molecule has 0 saturated carbocycles. The van der Waals surface area contributed by atoms with Gasteiger partial charge in [-0.2, -0.15) is 5.21 Å². The van der Waals surface area contributed by atoms with E-state index >= 15 is 0 Å². The third-order valence-corrected chi connectivity index (χ3v) is 2.70. The van der Waals surface area contributed by atoms with Crippen LogP contribution >= 0.6 is 0 Å². The molecule has 6 nitrogen and oxygen atoms in total. The lowest BCUT2D eigenvalue weighted by molar-refractivity contribution is 0.881. The number of tetrazole rings is 1. The van der Waals surface area contributed by atoms with Gasteiger partial charge in [0.1, 0.15) is 0 Å². The van der Waals surface area contributed by atoms with Crippen molar-refractivity contribution in [2.24, 2.45) is 0 Å². The van der Waals surface area contributed by atoms with E-state index < -0.39 is 0 Å². The molecule has 0 spiro atoms. The van der Waals surface area contributed by atoms with Gasteiger partial charge < -0.3 is 4.98 Å². The van der Waals surface area contributed by atoms with Crippen LogP contribution in [-0.4, -0.2) is 30.6 Å². The fourth-order valence-corrected chi connectivity index (χ4v) is 1.83. The molecule has 0 unspecified atom stereocenters. The second kappa shape index (κ2) is 3.82. The molecule has 0 saturated heterocycles. The zero-order chi connectivity index (χ0) is 11.7. The van der Waals surface area contributed by atoms with Crippen molar-refractivity contribution in [3.63, 3.8) is 0 Å². The van der Waals surface area contributed by atoms with E-state index in [9.17, 15) is 0 Å². The number of H-pyrrole nitrogens is 2. The maximum atomic E-state index is 4.01. The van der Waals surface area contributed by atoms with Gasteiger partial charge in [-0.1, -0.05) is 0 Å². The minimum Gasteiger partial charge on any atom is -0.358 e. The quantitative estimate of drug-likeness (QED) is 0.694. The average Bonchev–Trinajstić information content (AvgIpc) is 2.99. The van der Waals surface area contributed by atoms with Gasteiger partial charge >= 0.3 is 0 Å². The number of rotatable bonds is 2. The van der Waals surface area contributed by atoms with Crippen LogP contribution in [0.25, 0.3) is 22.6 Å². The predicted molar refractivity (Wildman–Crippen MR) is 61.9 cm³/mol. The van der Waals surface area contributed by atoms with Crippen LogP contribution in [0, 0.1) is 6.92 Å². The largest absolute Gasteiger partial charge is 0.358 e. The summed E-state index contributed by atoms with van der Waals surface area (Å²) in [4.78, 5) is 7.18. The van der Waals surface area contributed by atoms with Gasteiger partial charge in [-0.15, -0.1) is 10.2 Å². The van der Waals surface area contributed by atoms with E-state index in [2.05, 4.69) is 30.6 Å². The second-order valence-corrected chi connectivity index (χ2v) is 3.67. The molecule has 0 aliphatic heterocycles. The van der Waals surface area contributed by atoms with E-state index in [0.29, 0.717) is 5.82 Å². The van der Waals surface area contributed by atoms with Crippen molar-refractivity contribution >= 4 is 0 Å². The van der Waals surface area contributed by atoms with E-state index in [1.807, 2.05) is 25.3 Å². The van der Waals surface area contributed by atoms with Gasteiger partial charge in [-0.25, -0.2) is 0 Å². The number of nitrogens with zero attached hydrogens (tertiary/aromatic N) is 4. The number of hydrogen-bond donors (Lipinski definition) is 2. The Labute approximate surface area is 97.1 Å². The Kier molecular flexibility index (Phi) is 2.18. The standard InChI is InChI=1S/C11H10N6/c1-7-9(8-2-4-12-5-3-8)6-13-10(7)11-14-16-17-15-11/h2-6,13H,1H3,(H,14,15,16,17). The summed E-state index contributed by atoms with van der Waals surface area (Å²) in [5, 5.41) is 13.9. The molecule has 0 atom stereocenters. The molecule has 2 N–H and O–H groups in total. The molecule has 3 heterocycles. The number of aromatic amines is 2. The van der Waals surface area contributed by atoms with Crippen molar-refractivity contribution in [3.8, 4) is 22.6 Å². The van der Waals surface area contributed by atoms with Crippen LogP contribution in [0.15, 0.2) is 30.7 Å². The third kappa shape index (κ3) is 1.59. The van der Waals surface area contributed by atoms with Crippen LogP contribution in [0.1, 0.15) is 5.56 Å². The summed E-state index contributed by atoms with van der Waals surface area (Å²) in [5.41, 5.74) is 4.21. The molecule has 0 radical (unpaired) electrons. The normalized spacial score (nSPS) is 10.6. The highest BCUT2D eigenvalue weighted by atomic mass is 15.5.